The minimum atomic E-state index is -1.05. The zero-order valence-corrected chi connectivity index (χ0v) is 17.3. The Labute approximate surface area is 183 Å². The summed E-state index contributed by atoms with van der Waals surface area (Å²) in [6, 6.07) is 3.13. The molecular formula is C21H24N4O7. The lowest BCUT2D eigenvalue weighted by Crippen LogP contribution is -2.54. The Morgan fingerprint density at radius 2 is 1.62 bits per heavy atom. The summed E-state index contributed by atoms with van der Waals surface area (Å²) >= 11 is 0. The number of imide groups is 2. The van der Waals surface area contributed by atoms with Gasteiger partial charge in [-0.05, 0) is 37.5 Å². The van der Waals surface area contributed by atoms with Crippen LogP contribution < -0.4 is 16.0 Å². The number of hydrogen-bond donors (Lipinski definition) is 4. The molecule has 2 aliphatic rings. The monoisotopic (exact) mass is 444 g/mol. The molecule has 3 rings (SSSR count). The van der Waals surface area contributed by atoms with Crippen LogP contribution in [0.1, 0.15) is 69.6 Å². The Morgan fingerprint density at radius 1 is 0.969 bits per heavy atom. The molecule has 0 bridgehead atoms. The van der Waals surface area contributed by atoms with Gasteiger partial charge in [0.1, 0.15) is 6.04 Å². The van der Waals surface area contributed by atoms with Crippen molar-refractivity contribution >= 4 is 35.6 Å². The Bertz CT molecular complexity index is 975. The van der Waals surface area contributed by atoms with E-state index in [0.29, 0.717) is 25.9 Å². The highest BCUT2D eigenvalue weighted by Gasteiger charge is 2.44. The molecule has 1 aromatic rings. The first kappa shape index (κ1) is 22.9. The molecule has 2 heterocycles. The van der Waals surface area contributed by atoms with Crippen molar-refractivity contribution in [1.29, 1.82) is 0 Å². The first-order chi connectivity index (χ1) is 15.3. The van der Waals surface area contributed by atoms with E-state index in [9.17, 15) is 28.8 Å². The molecule has 4 N–H and O–H groups in total. The number of carboxylic acid groups (broad SMARTS) is 1. The Hall–Kier alpha value is -3.76. The van der Waals surface area contributed by atoms with Crippen molar-refractivity contribution in [3.05, 3.63) is 34.9 Å². The summed E-state index contributed by atoms with van der Waals surface area (Å²) in [6.45, 7) is 0.803. The number of nitrogens with zero attached hydrogens (tertiary/aromatic N) is 1. The lowest BCUT2D eigenvalue weighted by Gasteiger charge is -2.27. The van der Waals surface area contributed by atoms with Crippen molar-refractivity contribution in [2.75, 3.05) is 13.1 Å². The molecule has 1 atom stereocenters. The Kier molecular flexibility index (Phi) is 7.18. The summed E-state index contributed by atoms with van der Waals surface area (Å²) in [5, 5.41) is 15.7. The van der Waals surface area contributed by atoms with E-state index in [1.165, 1.54) is 18.2 Å². The minimum absolute atomic E-state index is 0.0353. The smallest absolute Gasteiger partial charge is 0.404 e. The highest BCUT2D eigenvalue weighted by molar-refractivity contribution is 6.24. The summed E-state index contributed by atoms with van der Waals surface area (Å²) in [7, 11) is 0. The number of carbonyl (C=O) groups excluding carboxylic acids is 5. The molecule has 170 valence electrons. The van der Waals surface area contributed by atoms with E-state index in [1.807, 2.05) is 0 Å². The van der Waals surface area contributed by atoms with Crippen LogP contribution in [-0.2, 0) is 9.59 Å². The summed E-state index contributed by atoms with van der Waals surface area (Å²) in [4.78, 5) is 72.5. The van der Waals surface area contributed by atoms with Crippen LogP contribution in [0.2, 0.25) is 0 Å². The number of hydrogen-bond acceptors (Lipinski definition) is 6. The van der Waals surface area contributed by atoms with E-state index in [4.69, 9.17) is 5.11 Å². The third-order valence-electron chi connectivity index (χ3n) is 5.37. The van der Waals surface area contributed by atoms with Crippen molar-refractivity contribution in [1.82, 2.24) is 20.9 Å². The lowest BCUT2D eigenvalue weighted by molar-refractivity contribution is -0.136. The van der Waals surface area contributed by atoms with E-state index in [1.54, 1.807) is 0 Å². The maximum absolute atomic E-state index is 12.8. The van der Waals surface area contributed by atoms with Crippen LogP contribution in [0.3, 0.4) is 0 Å². The van der Waals surface area contributed by atoms with Gasteiger partial charge in [0.25, 0.3) is 17.7 Å². The fourth-order valence-corrected chi connectivity index (χ4v) is 3.72. The van der Waals surface area contributed by atoms with Crippen LogP contribution in [0.25, 0.3) is 0 Å². The fraction of sp³-hybridized carbons (Fsp3) is 0.429. The van der Waals surface area contributed by atoms with E-state index >= 15 is 0 Å². The first-order valence-corrected chi connectivity index (χ1v) is 10.4. The maximum Gasteiger partial charge on any atom is 0.404 e. The second-order valence-corrected chi connectivity index (χ2v) is 7.61. The maximum atomic E-state index is 12.8. The third-order valence-corrected chi connectivity index (χ3v) is 5.37. The van der Waals surface area contributed by atoms with Crippen LogP contribution in [0.4, 0.5) is 4.79 Å². The summed E-state index contributed by atoms with van der Waals surface area (Å²) < 4.78 is 0. The fourth-order valence-electron chi connectivity index (χ4n) is 3.72. The average molecular weight is 444 g/mol. The van der Waals surface area contributed by atoms with Gasteiger partial charge in [-0.3, -0.25) is 34.2 Å². The van der Waals surface area contributed by atoms with Crippen molar-refractivity contribution in [3.8, 4) is 0 Å². The number of fused-ring (bicyclic) bond motifs is 1. The van der Waals surface area contributed by atoms with Gasteiger partial charge < -0.3 is 15.7 Å². The van der Waals surface area contributed by atoms with Gasteiger partial charge in [-0.1, -0.05) is 12.8 Å². The number of piperidine rings is 1. The van der Waals surface area contributed by atoms with Gasteiger partial charge in [0.15, 0.2) is 0 Å². The molecule has 0 aromatic heterocycles. The SMILES string of the molecule is O=C(O)NCCCCCCNC(=O)c1ccc2c(c1)C(=O)N(C1CCC(=O)NC1=O)C2=O. The molecule has 1 fully saturated rings. The molecule has 1 aromatic carbocycles. The van der Waals surface area contributed by atoms with Gasteiger partial charge in [0.05, 0.1) is 11.1 Å². The minimum Gasteiger partial charge on any atom is -0.465 e. The second-order valence-electron chi connectivity index (χ2n) is 7.61. The number of rotatable bonds is 9. The summed E-state index contributed by atoms with van der Waals surface area (Å²) in [5.41, 5.74) is 0.394. The number of carbonyl (C=O) groups is 6. The Balaban J connectivity index is 1.54. The normalized spacial score (nSPS) is 17.8. The molecule has 11 nitrogen and oxygen atoms in total. The number of amides is 6. The molecule has 2 aliphatic heterocycles. The van der Waals surface area contributed by atoms with Gasteiger partial charge in [0.2, 0.25) is 11.8 Å². The molecule has 1 unspecified atom stereocenters. The van der Waals surface area contributed by atoms with Crippen LogP contribution in [0.15, 0.2) is 18.2 Å². The molecule has 1 saturated heterocycles. The molecular weight excluding hydrogens is 420 g/mol. The topological polar surface area (TPSA) is 162 Å². The number of unbranched alkanes of at least 4 members (excludes halogenated alkanes) is 3. The van der Waals surface area contributed by atoms with E-state index in [-0.39, 0.29) is 35.4 Å². The zero-order chi connectivity index (χ0) is 23.3. The van der Waals surface area contributed by atoms with Crippen LogP contribution in [0.5, 0.6) is 0 Å². The van der Waals surface area contributed by atoms with Crippen molar-refractivity contribution in [3.63, 3.8) is 0 Å². The third kappa shape index (κ3) is 5.10. The molecule has 0 radical (unpaired) electrons. The van der Waals surface area contributed by atoms with Crippen LogP contribution >= 0.6 is 0 Å². The standard InChI is InChI=1S/C21H24N4O7/c26-16-8-7-15(18(28)24-16)25-19(29)13-6-5-12(11-14(13)20(25)30)17(27)22-9-3-1-2-4-10-23-21(31)32/h5-6,11,15,23H,1-4,7-10H2,(H,22,27)(H,31,32)(H,24,26,28). The number of nitrogens with one attached hydrogen (secondary N) is 3. The van der Waals surface area contributed by atoms with Crippen LogP contribution in [-0.4, -0.2) is 64.8 Å². The molecule has 0 aliphatic carbocycles. The highest BCUT2D eigenvalue weighted by Crippen LogP contribution is 2.28. The second kappa shape index (κ2) is 10.0. The first-order valence-electron chi connectivity index (χ1n) is 10.4. The molecule has 6 amide bonds. The molecule has 0 spiro atoms. The van der Waals surface area contributed by atoms with Gasteiger partial charge in [-0.15, -0.1) is 0 Å². The molecule has 11 heteroatoms. The Morgan fingerprint density at radius 3 is 2.28 bits per heavy atom. The predicted octanol–water partition coefficient (Wildman–Crippen LogP) is 0.646. The predicted molar refractivity (Wildman–Crippen MR) is 110 cm³/mol. The van der Waals surface area contributed by atoms with Gasteiger partial charge in [-0.25, -0.2) is 4.79 Å². The van der Waals surface area contributed by atoms with Crippen molar-refractivity contribution < 1.29 is 33.9 Å². The zero-order valence-electron chi connectivity index (χ0n) is 17.3. The van der Waals surface area contributed by atoms with Gasteiger partial charge >= 0.3 is 6.09 Å². The largest absolute Gasteiger partial charge is 0.465 e. The van der Waals surface area contributed by atoms with Gasteiger partial charge in [0, 0.05) is 25.1 Å². The van der Waals surface area contributed by atoms with E-state index in [2.05, 4.69) is 16.0 Å². The lowest BCUT2D eigenvalue weighted by atomic mass is 10.0. The van der Waals surface area contributed by atoms with Crippen LogP contribution in [0, 0.1) is 0 Å². The van der Waals surface area contributed by atoms with Crippen molar-refractivity contribution in [2.45, 2.75) is 44.6 Å². The summed E-state index contributed by atoms with van der Waals surface area (Å²) in [6.07, 6.45) is 2.12. The molecule has 0 saturated carbocycles. The molecule has 32 heavy (non-hydrogen) atoms. The van der Waals surface area contributed by atoms with Gasteiger partial charge in [-0.2, -0.15) is 0 Å². The summed E-state index contributed by atoms with van der Waals surface area (Å²) in [5.74, 6) is -2.81. The number of benzene rings is 1. The van der Waals surface area contributed by atoms with E-state index < -0.39 is 35.8 Å². The average Bonchev–Trinajstić information content (AvgIpc) is 2.99. The quantitative estimate of drug-likeness (QED) is 0.321. The van der Waals surface area contributed by atoms with E-state index in [0.717, 1.165) is 17.7 Å². The highest BCUT2D eigenvalue weighted by atomic mass is 16.4. The van der Waals surface area contributed by atoms with Crippen molar-refractivity contribution in [2.24, 2.45) is 0 Å².